The van der Waals surface area contributed by atoms with Crippen LogP contribution in [0.4, 0.5) is 0 Å². The maximum atomic E-state index is 11.8. The highest BCUT2D eigenvalue weighted by atomic mass is 32.2. The summed E-state index contributed by atoms with van der Waals surface area (Å²) in [7, 11) is 0. The summed E-state index contributed by atoms with van der Waals surface area (Å²) in [6.45, 7) is 38.9. The number of nitrogens with zero attached hydrogens (tertiary/aromatic N) is 8. The second-order valence-corrected chi connectivity index (χ2v) is 18.0. The van der Waals surface area contributed by atoms with E-state index in [0.717, 1.165) is 22.6 Å². The summed E-state index contributed by atoms with van der Waals surface area (Å²) in [4.78, 5) is 74.4. The molecule has 0 aliphatic rings. The van der Waals surface area contributed by atoms with E-state index in [9.17, 15) is 28.8 Å². The van der Waals surface area contributed by atoms with Gasteiger partial charge >= 0.3 is 23.6 Å². The highest BCUT2D eigenvalue weighted by Gasteiger charge is 2.25. The molecule has 1 N–H and O–H groups in total. The van der Waals surface area contributed by atoms with Gasteiger partial charge in [-0.1, -0.05) is 88.6 Å². The molecule has 67 heavy (non-hydrogen) atoms. The zero-order valence-corrected chi connectivity index (χ0v) is 44.1. The van der Waals surface area contributed by atoms with Gasteiger partial charge in [0.25, 0.3) is 0 Å². The maximum absolute atomic E-state index is 11.8. The number of thioether (sulfide) groups is 1. The van der Waals surface area contributed by atoms with Gasteiger partial charge in [-0.15, -0.1) is 5.11 Å². The van der Waals surface area contributed by atoms with Crippen LogP contribution in [0.2, 0.25) is 0 Å². The fourth-order valence-corrected chi connectivity index (χ4v) is 5.73. The van der Waals surface area contributed by atoms with Gasteiger partial charge < -0.3 is 29.3 Å². The first kappa shape index (κ1) is 67.9. The summed E-state index contributed by atoms with van der Waals surface area (Å²) < 4.78 is 9.83. The molecule has 0 saturated carbocycles. The number of ether oxygens (including phenoxy) is 2. The molecule has 19 heteroatoms. The van der Waals surface area contributed by atoms with Gasteiger partial charge in [-0.05, 0) is 86.8 Å². The first-order chi connectivity index (χ1) is 31.1. The zero-order valence-electron chi connectivity index (χ0n) is 42.5. The Morgan fingerprint density at radius 3 is 1.52 bits per heavy atom. The van der Waals surface area contributed by atoms with E-state index >= 15 is 0 Å². The standard InChI is InChI=1S/C11H21NO3.C11H11NS2.C9H17NO3.C9H15NO3.C8H12N4/c1-5-9(4)11(14)12(6-2)8-10(13)15-7-3;1-11(2,8-12)14-10(13)9-6-4-3-5-7-9;1-4-7(3)9(13)10(5-2)6-8(11)12;1-4-8(11)10(5-2)7-9(12)13-6-3;1-7(2,6-9)11-12-8(3,4)10-5/h9H,5-8H2,1-4H3;3-7H,1-2H3;7H,4-6H2,1-3H3,(H,11,12);4H,1,5-7H2,2-3H3;1-4H3. The second-order valence-electron chi connectivity index (χ2n) is 15.7. The molecular formula is C48H76N8O9S2. The number of nitriles is 2. The summed E-state index contributed by atoms with van der Waals surface area (Å²) >= 11 is 6.67. The van der Waals surface area contributed by atoms with Crippen LogP contribution in [0.3, 0.4) is 0 Å². The summed E-state index contributed by atoms with van der Waals surface area (Å²) in [6, 6.07) is 14.0. The van der Waals surface area contributed by atoms with Gasteiger partial charge in [-0.3, -0.25) is 33.6 Å². The van der Waals surface area contributed by atoms with E-state index < -0.39 is 21.9 Å². The molecule has 17 nitrogen and oxygen atoms in total. The van der Waals surface area contributed by atoms with Crippen LogP contribution in [0.5, 0.6) is 0 Å². The molecule has 0 aromatic heterocycles. The van der Waals surface area contributed by atoms with E-state index in [2.05, 4.69) is 27.7 Å². The number of azo groups is 1. The van der Waals surface area contributed by atoms with Crippen molar-refractivity contribution in [3.05, 3.63) is 60.0 Å². The molecule has 2 unspecified atom stereocenters. The van der Waals surface area contributed by atoms with E-state index in [-0.39, 0.29) is 61.1 Å². The molecule has 0 aliphatic heterocycles. The van der Waals surface area contributed by atoms with Crippen LogP contribution in [-0.4, -0.2) is 128 Å². The van der Waals surface area contributed by atoms with Crippen molar-refractivity contribution in [2.45, 2.75) is 133 Å². The van der Waals surface area contributed by atoms with Gasteiger partial charge in [0.1, 0.15) is 24.4 Å². The van der Waals surface area contributed by atoms with Crippen LogP contribution in [0.25, 0.3) is 4.85 Å². The largest absolute Gasteiger partial charge is 0.480 e. The highest BCUT2D eigenvalue weighted by Crippen LogP contribution is 2.28. The number of aliphatic carboxylic acids is 1. The van der Waals surface area contributed by atoms with Gasteiger partial charge in [0, 0.05) is 45.3 Å². The topological polar surface area (TPSA) is 227 Å². The normalized spacial score (nSPS) is 11.3. The Kier molecular flexibility index (Phi) is 37.9. The number of likely N-dealkylation sites (N-methyl/N-ethyl adjacent to an activating group) is 3. The molecule has 0 fully saturated rings. The Bertz CT molecular complexity index is 1830. The summed E-state index contributed by atoms with van der Waals surface area (Å²) in [5.41, 5.74) is -0.674. The molecule has 0 radical (unpaired) electrons. The third kappa shape index (κ3) is 34.3. The fourth-order valence-electron chi connectivity index (χ4n) is 4.21. The molecular weight excluding hydrogens is 897 g/mol. The lowest BCUT2D eigenvalue weighted by Gasteiger charge is -2.22. The Morgan fingerprint density at radius 1 is 0.776 bits per heavy atom. The van der Waals surface area contributed by atoms with E-state index in [1.54, 1.807) is 55.4 Å². The number of carboxylic acid groups (broad SMARTS) is 1. The zero-order chi connectivity index (χ0) is 53.0. The number of esters is 2. The average molecular weight is 973 g/mol. The Labute approximate surface area is 410 Å². The van der Waals surface area contributed by atoms with Crippen LogP contribution in [0.1, 0.15) is 122 Å². The number of rotatable bonds is 20. The second kappa shape index (κ2) is 37.4. The van der Waals surface area contributed by atoms with Crippen molar-refractivity contribution in [3.63, 3.8) is 0 Å². The van der Waals surface area contributed by atoms with E-state index in [0.29, 0.717) is 32.8 Å². The molecule has 0 spiro atoms. The molecule has 0 heterocycles. The number of carbonyl (C=O) groups is 6. The van der Waals surface area contributed by atoms with E-state index in [1.807, 2.05) is 84.9 Å². The Hall–Kier alpha value is -5.71. The molecule has 1 rings (SSSR count). The maximum Gasteiger partial charge on any atom is 0.335 e. The van der Waals surface area contributed by atoms with Crippen molar-refractivity contribution in [1.29, 1.82) is 10.5 Å². The predicted molar refractivity (Wildman–Crippen MR) is 267 cm³/mol. The Morgan fingerprint density at radius 2 is 1.19 bits per heavy atom. The van der Waals surface area contributed by atoms with Gasteiger partial charge in [0.05, 0.1) is 29.5 Å². The van der Waals surface area contributed by atoms with Crippen molar-refractivity contribution in [1.82, 2.24) is 14.7 Å². The number of carbonyl (C=O) groups excluding carboxylic acids is 5. The highest BCUT2D eigenvalue weighted by molar-refractivity contribution is 8.24. The van der Waals surface area contributed by atoms with E-state index in [4.69, 9.17) is 43.9 Å². The third-order valence-electron chi connectivity index (χ3n) is 8.62. The van der Waals surface area contributed by atoms with E-state index in [1.165, 1.54) is 32.5 Å². The van der Waals surface area contributed by atoms with Gasteiger partial charge in [0.15, 0.2) is 5.54 Å². The van der Waals surface area contributed by atoms with Crippen molar-refractivity contribution < 1.29 is 43.3 Å². The van der Waals surface area contributed by atoms with Crippen LogP contribution >= 0.6 is 24.0 Å². The van der Waals surface area contributed by atoms with Gasteiger partial charge in [0.2, 0.25) is 17.7 Å². The first-order valence-electron chi connectivity index (χ1n) is 22.1. The minimum atomic E-state index is -0.960. The van der Waals surface area contributed by atoms with Crippen molar-refractivity contribution in [3.8, 4) is 12.1 Å². The number of carboxylic acids is 1. The summed E-state index contributed by atoms with van der Waals surface area (Å²) in [6.07, 6.45) is 2.72. The monoisotopic (exact) mass is 973 g/mol. The fraction of sp³-hybridized carbons (Fsp3) is 0.625. The molecule has 1 aromatic rings. The molecule has 374 valence electrons. The molecule has 1 aromatic carbocycles. The van der Waals surface area contributed by atoms with Crippen molar-refractivity contribution in [2.24, 2.45) is 22.1 Å². The quantitative estimate of drug-likeness (QED) is 0.0424. The van der Waals surface area contributed by atoms with Crippen LogP contribution < -0.4 is 0 Å². The molecule has 2 atom stereocenters. The molecule has 0 bridgehead atoms. The van der Waals surface area contributed by atoms with Crippen LogP contribution in [-0.2, 0) is 38.2 Å². The average Bonchev–Trinajstić information content (AvgIpc) is 3.30. The van der Waals surface area contributed by atoms with Crippen molar-refractivity contribution >= 4 is 63.8 Å². The number of benzene rings is 1. The van der Waals surface area contributed by atoms with Crippen LogP contribution in [0.15, 0.2) is 53.2 Å². The van der Waals surface area contributed by atoms with Crippen molar-refractivity contribution in [2.75, 3.05) is 52.5 Å². The van der Waals surface area contributed by atoms with Gasteiger partial charge in [-0.2, -0.15) is 15.6 Å². The number of hydrogen-bond donors (Lipinski definition) is 1. The predicted octanol–water partition coefficient (Wildman–Crippen LogP) is 8.79. The first-order valence-corrected chi connectivity index (χ1v) is 23.3. The summed E-state index contributed by atoms with van der Waals surface area (Å²) in [5, 5.41) is 33.5. The molecule has 0 saturated heterocycles. The lowest BCUT2D eigenvalue weighted by molar-refractivity contribution is -0.150. The Balaban J connectivity index is -0.000000371. The SMILES string of the molecule is C=CC(=O)N(CC)CC(=O)OCC.CC(C)(C#N)SC(=S)c1ccccc1.CCC(C)C(=O)N(CC)CC(=O)O.CCOC(=O)CN(CC)C(=O)C(C)CC.[C-]#[N+]C(C)(C)N=NC(C)(C)C#N. The number of hydrogen-bond acceptors (Lipinski definition) is 14. The number of amides is 3. The molecule has 3 amide bonds. The summed E-state index contributed by atoms with van der Waals surface area (Å²) in [5.74, 6) is -2.11. The van der Waals surface area contributed by atoms with Crippen LogP contribution in [0, 0.1) is 41.1 Å². The van der Waals surface area contributed by atoms with Gasteiger partial charge in [-0.25, -0.2) is 6.57 Å². The minimum Gasteiger partial charge on any atom is -0.480 e. The number of thiocarbonyl (C=S) groups is 1. The lowest BCUT2D eigenvalue weighted by Crippen LogP contribution is -2.39. The molecule has 0 aliphatic carbocycles. The minimum absolute atomic E-state index is 0.00477. The lowest BCUT2D eigenvalue weighted by atomic mass is 10.1. The smallest absolute Gasteiger partial charge is 0.335 e. The third-order valence-corrected chi connectivity index (χ3v) is 10.1.